The Bertz CT molecular complexity index is 225. The van der Waals surface area contributed by atoms with Crippen LogP contribution in [0.1, 0.15) is 5.69 Å². The Labute approximate surface area is 59.3 Å². The Kier molecular flexibility index (Phi) is 2.17. The largest absolute Gasteiger partial charge is 0.327 e. The van der Waals surface area contributed by atoms with Crippen LogP contribution in [0.25, 0.3) is 6.08 Å². The molecule has 1 rings (SSSR count). The summed E-state index contributed by atoms with van der Waals surface area (Å²) in [4.78, 5) is 0. The van der Waals surface area contributed by atoms with E-state index in [2.05, 4.69) is 10.3 Å². The third-order valence-electron chi connectivity index (χ3n) is 1.05. The zero-order valence-electron chi connectivity index (χ0n) is 5.86. The van der Waals surface area contributed by atoms with Gasteiger partial charge in [0.05, 0.1) is 6.20 Å². The smallest absolute Gasteiger partial charge is 0.105 e. The summed E-state index contributed by atoms with van der Waals surface area (Å²) in [5, 5.41) is 7.57. The first-order valence-corrected chi connectivity index (χ1v) is 3.06. The van der Waals surface area contributed by atoms with Gasteiger partial charge in [0.15, 0.2) is 0 Å². The van der Waals surface area contributed by atoms with Gasteiger partial charge in [0.25, 0.3) is 0 Å². The fourth-order valence-corrected chi connectivity index (χ4v) is 0.630. The van der Waals surface area contributed by atoms with E-state index >= 15 is 0 Å². The second-order valence-electron chi connectivity index (χ2n) is 1.96. The fraction of sp³-hybridized carbons (Fsp3) is 0.333. The van der Waals surface area contributed by atoms with Gasteiger partial charge < -0.3 is 5.73 Å². The molecule has 0 fully saturated rings. The number of rotatable bonds is 2. The summed E-state index contributed by atoms with van der Waals surface area (Å²) >= 11 is 0. The van der Waals surface area contributed by atoms with Gasteiger partial charge in [-0.2, -0.15) is 0 Å². The first-order valence-electron chi connectivity index (χ1n) is 3.06. The Morgan fingerprint density at radius 1 is 1.80 bits per heavy atom. The molecule has 0 saturated carbocycles. The van der Waals surface area contributed by atoms with Gasteiger partial charge in [0.1, 0.15) is 5.69 Å². The van der Waals surface area contributed by atoms with Crippen LogP contribution in [0.15, 0.2) is 12.3 Å². The highest BCUT2D eigenvalue weighted by Crippen LogP contribution is 1.92. The van der Waals surface area contributed by atoms with Crippen molar-refractivity contribution in [1.82, 2.24) is 15.0 Å². The van der Waals surface area contributed by atoms with E-state index in [0.29, 0.717) is 6.54 Å². The van der Waals surface area contributed by atoms with E-state index in [9.17, 15) is 0 Å². The van der Waals surface area contributed by atoms with Crippen LogP contribution in [0.5, 0.6) is 0 Å². The lowest BCUT2D eigenvalue weighted by Gasteiger charge is -1.78. The highest BCUT2D eigenvalue weighted by molar-refractivity contribution is 5.42. The quantitative estimate of drug-likeness (QED) is 0.615. The lowest BCUT2D eigenvalue weighted by molar-refractivity contribution is 0.714. The monoisotopic (exact) mass is 138 g/mol. The molecule has 0 amide bonds. The van der Waals surface area contributed by atoms with Crippen LogP contribution in [0.2, 0.25) is 0 Å². The highest BCUT2D eigenvalue weighted by atomic mass is 15.4. The maximum atomic E-state index is 5.24. The molecule has 2 N–H and O–H groups in total. The number of nitrogens with zero attached hydrogens (tertiary/aromatic N) is 3. The third kappa shape index (κ3) is 1.66. The minimum atomic E-state index is 0.538. The van der Waals surface area contributed by atoms with E-state index in [1.807, 2.05) is 25.4 Å². The average Bonchev–Trinajstić information content (AvgIpc) is 2.31. The molecule has 0 aromatic carbocycles. The standard InChI is InChI=1S/C6H10N4/c1-10-5-6(8-9-10)3-2-4-7/h2-3,5H,4,7H2,1H3/b3-2+. The summed E-state index contributed by atoms with van der Waals surface area (Å²) in [5.41, 5.74) is 6.08. The molecule has 4 heteroatoms. The van der Waals surface area contributed by atoms with Gasteiger partial charge in [-0.1, -0.05) is 11.3 Å². The lowest BCUT2D eigenvalue weighted by atomic mass is 10.4. The predicted molar refractivity (Wildman–Crippen MR) is 39.1 cm³/mol. The van der Waals surface area contributed by atoms with Gasteiger partial charge in [-0.15, -0.1) is 5.10 Å². The molecule has 0 aliphatic rings. The summed E-state index contributed by atoms with van der Waals surface area (Å²) in [6.45, 7) is 0.538. The van der Waals surface area contributed by atoms with Gasteiger partial charge in [-0.25, -0.2) is 0 Å². The maximum absolute atomic E-state index is 5.24. The molecule has 0 bridgehead atoms. The summed E-state index contributed by atoms with van der Waals surface area (Å²) in [6.07, 6.45) is 5.50. The van der Waals surface area contributed by atoms with Gasteiger partial charge >= 0.3 is 0 Å². The number of aryl methyl sites for hydroxylation is 1. The summed E-state index contributed by atoms with van der Waals surface area (Å²) in [6, 6.07) is 0. The summed E-state index contributed by atoms with van der Waals surface area (Å²) in [7, 11) is 1.83. The minimum Gasteiger partial charge on any atom is -0.327 e. The number of nitrogens with two attached hydrogens (primary N) is 1. The van der Waals surface area contributed by atoms with Crippen molar-refractivity contribution >= 4 is 6.08 Å². The molecule has 4 nitrogen and oxygen atoms in total. The van der Waals surface area contributed by atoms with Crippen LogP contribution in [0, 0.1) is 0 Å². The molecule has 0 spiro atoms. The van der Waals surface area contributed by atoms with E-state index in [1.54, 1.807) is 4.68 Å². The van der Waals surface area contributed by atoms with E-state index in [4.69, 9.17) is 5.73 Å². The molecule has 0 saturated heterocycles. The predicted octanol–water partition coefficient (Wildman–Crippen LogP) is -0.213. The third-order valence-corrected chi connectivity index (χ3v) is 1.05. The first kappa shape index (κ1) is 6.95. The average molecular weight is 138 g/mol. The molecule has 0 aliphatic heterocycles. The van der Waals surface area contributed by atoms with Crippen molar-refractivity contribution in [2.75, 3.05) is 6.54 Å². The van der Waals surface area contributed by atoms with Crippen LogP contribution in [-0.4, -0.2) is 21.5 Å². The molecule has 1 heterocycles. The van der Waals surface area contributed by atoms with Crippen LogP contribution in [0.3, 0.4) is 0 Å². The van der Waals surface area contributed by atoms with Crippen molar-refractivity contribution < 1.29 is 0 Å². The number of hydrogen-bond donors (Lipinski definition) is 1. The second kappa shape index (κ2) is 3.12. The number of hydrogen-bond acceptors (Lipinski definition) is 3. The van der Waals surface area contributed by atoms with Crippen molar-refractivity contribution in [2.45, 2.75) is 0 Å². The van der Waals surface area contributed by atoms with E-state index in [1.165, 1.54) is 0 Å². The molecule has 54 valence electrons. The Morgan fingerprint density at radius 2 is 2.60 bits per heavy atom. The van der Waals surface area contributed by atoms with Crippen LogP contribution >= 0.6 is 0 Å². The van der Waals surface area contributed by atoms with E-state index in [0.717, 1.165) is 5.69 Å². The van der Waals surface area contributed by atoms with Crippen molar-refractivity contribution in [3.05, 3.63) is 18.0 Å². The molecule has 0 atom stereocenters. The Hall–Kier alpha value is -1.16. The van der Waals surface area contributed by atoms with Crippen molar-refractivity contribution in [3.63, 3.8) is 0 Å². The van der Waals surface area contributed by atoms with E-state index < -0.39 is 0 Å². The maximum Gasteiger partial charge on any atom is 0.105 e. The first-order chi connectivity index (χ1) is 4.83. The molecule has 1 aromatic rings. The summed E-state index contributed by atoms with van der Waals surface area (Å²) < 4.78 is 1.65. The normalized spacial score (nSPS) is 11.0. The zero-order valence-corrected chi connectivity index (χ0v) is 5.86. The molecular formula is C6H10N4. The SMILES string of the molecule is Cn1cc(/C=C/CN)nn1. The van der Waals surface area contributed by atoms with Crippen LogP contribution < -0.4 is 5.73 Å². The molecule has 0 aliphatic carbocycles. The summed E-state index contributed by atoms with van der Waals surface area (Å²) in [5.74, 6) is 0. The molecular weight excluding hydrogens is 128 g/mol. The molecule has 10 heavy (non-hydrogen) atoms. The van der Waals surface area contributed by atoms with Crippen LogP contribution in [-0.2, 0) is 7.05 Å². The molecule has 0 radical (unpaired) electrons. The van der Waals surface area contributed by atoms with Gasteiger partial charge in [0.2, 0.25) is 0 Å². The van der Waals surface area contributed by atoms with Gasteiger partial charge in [0, 0.05) is 13.6 Å². The topological polar surface area (TPSA) is 56.7 Å². The minimum absolute atomic E-state index is 0.538. The Morgan fingerprint density at radius 3 is 3.10 bits per heavy atom. The van der Waals surface area contributed by atoms with Gasteiger partial charge in [-0.3, -0.25) is 4.68 Å². The zero-order chi connectivity index (χ0) is 7.40. The van der Waals surface area contributed by atoms with Crippen molar-refractivity contribution in [2.24, 2.45) is 12.8 Å². The van der Waals surface area contributed by atoms with Crippen molar-refractivity contribution in [3.8, 4) is 0 Å². The van der Waals surface area contributed by atoms with Crippen LogP contribution in [0.4, 0.5) is 0 Å². The fourth-order valence-electron chi connectivity index (χ4n) is 0.630. The molecule has 0 unspecified atom stereocenters. The van der Waals surface area contributed by atoms with E-state index in [-0.39, 0.29) is 0 Å². The second-order valence-corrected chi connectivity index (χ2v) is 1.96. The molecule has 1 aromatic heterocycles. The lowest BCUT2D eigenvalue weighted by Crippen LogP contribution is -1.91. The van der Waals surface area contributed by atoms with Gasteiger partial charge in [-0.05, 0) is 6.08 Å². The number of aromatic nitrogens is 3. The van der Waals surface area contributed by atoms with Crippen molar-refractivity contribution in [1.29, 1.82) is 0 Å². The highest BCUT2D eigenvalue weighted by Gasteiger charge is 1.88. The Balaban J connectivity index is 2.67.